The summed E-state index contributed by atoms with van der Waals surface area (Å²) in [5.41, 5.74) is 0.706. The Balaban J connectivity index is 2.14. The molecule has 0 spiro atoms. The SMILES string of the molecule is CNC(=O)C(C)N(Cc1ccc(F)cc1)C(=O)COc1ccccc1OC. The van der Waals surface area contributed by atoms with Gasteiger partial charge in [0.2, 0.25) is 5.91 Å². The van der Waals surface area contributed by atoms with Gasteiger partial charge in [-0.2, -0.15) is 0 Å². The van der Waals surface area contributed by atoms with Crippen molar-refractivity contribution in [2.24, 2.45) is 0 Å². The number of carbonyl (C=O) groups is 2. The fourth-order valence-electron chi connectivity index (χ4n) is 2.54. The number of amides is 2. The Kier molecular flexibility index (Phi) is 7.16. The molecule has 0 saturated heterocycles. The second kappa shape index (κ2) is 9.56. The number of ether oxygens (including phenoxy) is 2. The van der Waals surface area contributed by atoms with E-state index in [1.165, 1.54) is 31.2 Å². The van der Waals surface area contributed by atoms with Crippen molar-refractivity contribution in [3.63, 3.8) is 0 Å². The Hall–Kier alpha value is -3.09. The molecule has 144 valence electrons. The summed E-state index contributed by atoms with van der Waals surface area (Å²) >= 11 is 0. The molecule has 1 N–H and O–H groups in total. The van der Waals surface area contributed by atoms with E-state index in [1.807, 2.05) is 0 Å². The van der Waals surface area contributed by atoms with Gasteiger partial charge in [-0.1, -0.05) is 24.3 Å². The van der Waals surface area contributed by atoms with Crippen LogP contribution in [0.5, 0.6) is 11.5 Å². The first-order chi connectivity index (χ1) is 13.0. The molecule has 0 fully saturated rings. The van der Waals surface area contributed by atoms with Crippen molar-refractivity contribution in [1.29, 1.82) is 0 Å². The first-order valence-corrected chi connectivity index (χ1v) is 8.47. The molecular weight excluding hydrogens is 351 g/mol. The molecule has 6 nitrogen and oxygen atoms in total. The highest BCUT2D eigenvalue weighted by atomic mass is 19.1. The molecule has 27 heavy (non-hydrogen) atoms. The van der Waals surface area contributed by atoms with E-state index in [1.54, 1.807) is 43.3 Å². The van der Waals surface area contributed by atoms with Crippen LogP contribution in [0, 0.1) is 5.82 Å². The number of rotatable bonds is 8. The lowest BCUT2D eigenvalue weighted by Gasteiger charge is -2.28. The third kappa shape index (κ3) is 5.44. The smallest absolute Gasteiger partial charge is 0.261 e. The quantitative estimate of drug-likeness (QED) is 0.770. The maximum atomic E-state index is 13.1. The summed E-state index contributed by atoms with van der Waals surface area (Å²) in [7, 11) is 3.02. The average Bonchev–Trinajstić information content (AvgIpc) is 2.70. The van der Waals surface area contributed by atoms with Gasteiger partial charge in [-0.25, -0.2) is 4.39 Å². The van der Waals surface area contributed by atoms with E-state index in [2.05, 4.69) is 5.32 Å². The number of hydrogen-bond donors (Lipinski definition) is 1. The summed E-state index contributed by atoms with van der Waals surface area (Å²) in [5.74, 6) is -0.100. The number of hydrogen-bond acceptors (Lipinski definition) is 4. The predicted octanol–water partition coefficient (Wildman–Crippen LogP) is 2.38. The third-order valence-electron chi connectivity index (χ3n) is 4.10. The zero-order valence-corrected chi connectivity index (χ0v) is 15.6. The summed E-state index contributed by atoms with van der Waals surface area (Å²) in [6.07, 6.45) is 0. The van der Waals surface area contributed by atoms with Crippen molar-refractivity contribution < 1.29 is 23.5 Å². The van der Waals surface area contributed by atoms with Crippen LogP contribution in [0.15, 0.2) is 48.5 Å². The highest BCUT2D eigenvalue weighted by molar-refractivity contribution is 5.87. The molecular formula is C20H23FN2O4. The summed E-state index contributed by atoms with van der Waals surface area (Å²) in [4.78, 5) is 26.2. The van der Waals surface area contributed by atoms with Crippen molar-refractivity contribution in [2.45, 2.75) is 19.5 Å². The molecule has 0 bridgehead atoms. The standard InChI is InChI=1S/C20H23FN2O4/c1-14(20(25)22-2)23(12-15-8-10-16(21)11-9-15)19(24)13-27-18-7-5-4-6-17(18)26-3/h4-11,14H,12-13H2,1-3H3,(H,22,25). The number of nitrogens with zero attached hydrogens (tertiary/aromatic N) is 1. The number of methoxy groups -OCH3 is 1. The maximum absolute atomic E-state index is 13.1. The Morgan fingerprint density at radius 1 is 1.11 bits per heavy atom. The summed E-state index contributed by atoms with van der Waals surface area (Å²) in [5, 5.41) is 2.53. The normalized spacial score (nSPS) is 11.4. The molecule has 0 radical (unpaired) electrons. The summed E-state index contributed by atoms with van der Waals surface area (Å²) in [6, 6.07) is 12.0. The van der Waals surface area contributed by atoms with Crippen molar-refractivity contribution in [3.05, 3.63) is 59.9 Å². The van der Waals surface area contributed by atoms with E-state index in [0.717, 1.165) is 0 Å². The van der Waals surface area contributed by atoms with Crippen LogP contribution in [-0.4, -0.2) is 43.5 Å². The van der Waals surface area contributed by atoms with Crippen LogP contribution in [0.1, 0.15) is 12.5 Å². The maximum Gasteiger partial charge on any atom is 0.261 e. The number of para-hydroxylation sites is 2. The number of nitrogens with one attached hydrogen (secondary N) is 1. The van der Waals surface area contributed by atoms with Crippen LogP contribution >= 0.6 is 0 Å². The zero-order chi connectivity index (χ0) is 19.8. The zero-order valence-electron chi connectivity index (χ0n) is 15.6. The first kappa shape index (κ1) is 20.2. The molecule has 1 unspecified atom stereocenters. The monoisotopic (exact) mass is 374 g/mol. The van der Waals surface area contributed by atoms with Gasteiger partial charge >= 0.3 is 0 Å². The molecule has 2 rings (SSSR count). The largest absolute Gasteiger partial charge is 0.493 e. The van der Waals surface area contributed by atoms with E-state index in [0.29, 0.717) is 17.1 Å². The topological polar surface area (TPSA) is 67.9 Å². The minimum atomic E-state index is -0.714. The van der Waals surface area contributed by atoms with E-state index in [9.17, 15) is 14.0 Å². The molecule has 0 saturated carbocycles. The molecule has 0 aliphatic carbocycles. The highest BCUT2D eigenvalue weighted by Crippen LogP contribution is 2.25. The van der Waals surface area contributed by atoms with Crippen molar-refractivity contribution in [2.75, 3.05) is 20.8 Å². The van der Waals surface area contributed by atoms with Crippen LogP contribution in [0.25, 0.3) is 0 Å². The van der Waals surface area contributed by atoms with Crippen LogP contribution in [-0.2, 0) is 16.1 Å². The van der Waals surface area contributed by atoms with Crippen molar-refractivity contribution >= 4 is 11.8 Å². The van der Waals surface area contributed by atoms with E-state index >= 15 is 0 Å². The third-order valence-corrected chi connectivity index (χ3v) is 4.10. The van der Waals surface area contributed by atoms with E-state index < -0.39 is 6.04 Å². The molecule has 2 aromatic rings. The lowest BCUT2D eigenvalue weighted by Crippen LogP contribution is -2.48. The second-order valence-corrected chi connectivity index (χ2v) is 5.88. The number of carbonyl (C=O) groups excluding carboxylic acids is 2. The van der Waals surface area contributed by atoms with Gasteiger partial charge < -0.3 is 19.7 Å². The number of benzene rings is 2. The molecule has 2 amide bonds. The van der Waals surface area contributed by atoms with Gasteiger partial charge in [0.25, 0.3) is 5.91 Å². The van der Waals surface area contributed by atoms with E-state index in [4.69, 9.17) is 9.47 Å². The Labute approximate surface area is 157 Å². The van der Waals surface area contributed by atoms with Gasteiger partial charge in [-0.3, -0.25) is 9.59 Å². The second-order valence-electron chi connectivity index (χ2n) is 5.88. The first-order valence-electron chi connectivity index (χ1n) is 8.47. The van der Waals surface area contributed by atoms with Crippen LogP contribution < -0.4 is 14.8 Å². The molecule has 0 aromatic heterocycles. The van der Waals surface area contributed by atoms with Crippen LogP contribution in [0.2, 0.25) is 0 Å². The lowest BCUT2D eigenvalue weighted by molar-refractivity contribution is -0.142. The Bertz CT molecular complexity index is 780. The molecule has 1 atom stereocenters. The molecule has 2 aromatic carbocycles. The lowest BCUT2D eigenvalue weighted by atomic mass is 10.1. The summed E-state index contributed by atoms with van der Waals surface area (Å²) in [6.45, 7) is 1.52. The van der Waals surface area contributed by atoms with Crippen LogP contribution in [0.3, 0.4) is 0 Å². The number of likely N-dealkylation sites (N-methyl/N-ethyl adjacent to an activating group) is 1. The fraction of sp³-hybridized carbons (Fsp3) is 0.300. The minimum Gasteiger partial charge on any atom is -0.493 e. The fourth-order valence-corrected chi connectivity index (χ4v) is 2.54. The summed E-state index contributed by atoms with van der Waals surface area (Å²) < 4.78 is 23.9. The predicted molar refractivity (Wildman–Crippen MR) is 99.0 cm³/mol. The van der Waals surface area contributed by atoms with Gasteiger partial charge in [0.15, 0.2) is 18.1 Å². The minimum absolute atomic E-state index is 0.156. The molecule has 0 heterocycles. The van der Waals surface area contributed by atoms with Gasteiger partial charge in [-0.15, -0.1) is 0 Å². The van der Waals surface area contributed by atoms with Crippen molar-refractivity contribution in [3.8, 4) is 11.5 Å². The molecule has 0 aliphatic heterocycles. The number of halogens is 1. The van der Waals surface area contributed by atoms with Crippen molar-refractivity contribution in [1.82, 2.24) is 10.2 Å². The van der Waals surface area contributed by atoms with Gasteiger partial charge in [0.1, 0.15) is 11.9 Å². The van der Waals surface area contributed by atoms with Crippen LogP contribution in [0.4, 0.5) is 4.39 Å². The average molecular weight is 374 g/mol. The molecule has 0 aliphatic rings. The van der Waals surface area contributed by atoms with Gasteiger partial charge in [0, 0.05) is 13.6 Å². The van der Waals surface area contributed by atoms with Gasteiger partial charge in [0.05, 0.1) is 7.11 Å². The van der Waals surface area contributed by atoms with Gasteiger partial charge in [-0.05, 0) is 36.8 Å². The van der Waals surface area contributed by atoms with E-state index in [-0.39, 0.29) is 30.8 Å². The Morgan fingerprint density at radius 3 is 2.33 bits per heavy atom. The highest BCUT2D eigenvalue weighted by Gasteiger charge is 2.26. The molecule has 7 heteroatoms. The Morgan fingerprint density at radius 2 is 1.74 bits per heavy atom.